The van der Waals surface area contributed by atoms with Crippen LogP contribution in [0.4, 0.5) is 0 Å². The van der Waals surface area contributed by atoms with Gasteiger partial charge in [-0.05, 0) is 52.9 Å². The second-order valence-corrected chi connectivity index (χ2v) is 5.83. The summed E-state index contributed by atoms with van der Waals surface area (Å²) in [5, 5.41) is 9.48. The molecule has 2 rings (SSSR count). The van der Waals surface area contributed by atoms with Crippen molar-refractivity contribution in [1.29, 1.82) is 0 Å². The predicted octanol–water partition coefficient (Wildman–Crippen LogP) is 2.95. The van der Waals surface area contributed by atoms with E-state index in [1.165, 1.54) is 0 Å². The highest BCUT2D eigenvalue weighted by Gasteiger charge is 2.27. The van der Waals surface area contributed by atoms with Crippen molar-refractivity contribution in [3.63, 3.8) is 0 Å². The zero-order valence-corrected chi connectivity index (χ0v) is 12.2. The Labute approximate surface area is 120 Å². The number of carbonyl (C=O) groups is 1. The van der Waals surface area contributed by atoms with Gasteiger partial charge in [-0.3, -0.25) is 4.79 Å². The van der Waals surface area contributed by atoms with E-state index in [9.17, 15) is 4.79 Å². The minimum atomic E-state index is 0.00446. The van der Waals surface area contributed by atoms with Crippen molar-refractivity contribution >= 4 is 33.4 Å². The monoisotopic (exact) mass is 331 g/mol. The lowest BCUT2D eigenvalue weighted by molar-refractivity contribution is 0.0784. The molecule has 1 unspecified atom stereocenters. The summed E-state index contributed by atoms with van der Waals surface area (Å²) in [5.41, 5.74) is 0.604. The third-order valence-electron chi connectivity index (χ3n) is 3.27. The van der Waals surface area contributed by atoms with Gasteiger partial charge in [-0.15, -0.1) is 0 Å². The maximum atomic E-state index is 12.3. The van der Waals surface area contributed by atoms with Gasteiger partial charge in [0.1, 0.15) is 0 Å². The number of aliphatic hydroxyl groups excluding tert-OH is 1. The molecule has 3 nitrogen and oxygen atoms in total. The van der Waals surface area contributed by atoms with E-state index >= 15 is 0 Å². The standard InChI is InChI=1S/C13H15BrClNO2/c14-12-2-1-10(15)7-11(12)13(18)16-5-3-9(8-16)4-6-17/h1-2,7,9,17H,3-6,8H2. The first kappa shape index (κ1) is 13.8. The van der Waals surface area contributed by atoms with E-state index in [2.05, 4.69) is 15.9 Å². The summed E-state index contributed by atoms with van der Waals surface area (Å²) >= 11 is 9.30. The Kier molecular flexibility index (Phi) is 4.65. The van der Waals surface area contributed by atoms with Crippen LogP contribution in [0.3, 0.4) is 0 Å². The van der Waals surface area contributed by atoms with Crippen LogP contribution < -0.4 is 0 Å². The first-order valence-corrected chi connectivity index (χ1v) is 7.14. The second kappa shape index (κ2) is 6.04. The van der Waals surface area contributed by atoms with E-state index in [4.69, 9.17) is 16.7 Å². The highest BCUT2D eigenvalue weighted by atomic mass is 79.9. The summed E-state index contributed by atoms with van der Waals surface area (Å²) in [6, 6.07) is 5.23. The Hall–Kier alpha value is -0.580. The molecule has 1 atom stereocenters. The normalized spacial score (nSPS) is 19.3. The van der Waals surface area contributed by atoms with Crippen LogP contribution in [0.2, 0.25) is 5.02 Å². The van der Waals surface area contributed by atoms with E-state index in [1.54, 1.807) is 18.2 Å². The van der Waals surface area contributed by atoms with Gasteiger partial charge < -0.3 is 10.0 Å². The quantitative estimate of drug-likeness (QED) is 0.924. The number of amides is 1. The van der Waals surface area contributed by atoms with Crippen LogP contribution in [0, 0.1) is 5.92 Å². The topological polar surface area (TPSA) is 40.5 Å². The van der Waals surface area contributed by atoms with Gasteiger partial charge in [-0.2, -0.15) is 0 Å². The van der Waals surface area contributed by atoms with Gasteiger partial charge in [0.05, 0.1) is 5.56 Å². The lowest BCUT2D eigenvalue weighted by Gasteiger charge is -2.17. The number of hydrogen-bond acceptors (Lipinski definition) is 2. The molecule has 1 aromatic rings. The van der Waals surface area contributed by atoms with Crippen molar-refractivity contribution in [2.75, 3.05) is 19.7 Å². The Morgan fingerprint density at radius 1 is 1.56 bits per heavy atom. The molecule has 0 bridgehead atoms. The molecular weight excluding hydrogens is 318 g/mol. The minimum absolute atomic E-state index is 0.00446. The fourth-order valence-electron chi connectivity index (χ4n) is 2.27. The van der Waals surface area contributed by atoms with Gasteiger partial charge in [0.15, 0.2) is 0 Å². The number of nitrogens with zero attached hydrogens (tertiary/aromatic N) is 1. The highest BCUT2D eigenvalue weighted by molar-refractivity contribution is 9.10. The van der Waals surface area contributed by atoms with Gasteiger partial charge >= 0.3 is 0 Å². The van der Waals surface area contributed by atoms with Crippen LogP contribution in [0.1, 0.15) is 23.2 Å². The molecule has 5 heteroatoms. The van der Waals surface area contributed by atoms with Crippen LogP contribution in [0.25, 0.3) is 0 Å². The maximum Gasteiger partial charge on any atom is 0.255 e. The van der Waals surface area contributed by atoms with E-state index in [0.717, 1.165) is 30.4 Å². The number of halogens is 2. The molecule has 1 aromatic carbocycles. The molecule has 98 valence electrons. The summed E-state index contributed by atoms with van der Waals surface area (Å²) in [4.78, 5) is 14.2. The molecule has 1 aliphatic heterocycles. The average molecular weight is 333 g/mol. The third kappa shape index (κ3) is 3.05. The Bertz CT molecular complexity index is 453. The Balaban J connectivity index is 2.10. The number of hydrogen-bond donors (Lipinski definition) is 1. The lowest BCUT2D eigenvalue weighted by atomic mass is 10.1. The van der Waals surface area contributed by atoms with Gasteiger partial charge in [-0.1, -0.05) is 11.6 Å². The molecule has 0 saturated carbocycles. The van der Waals surface area contributed by atoms with Crippen LogP contribution in [0.15, 0.2) is 22.7 Å². The number of carbonyl (C=O) groups excluding carboxylic acids is 1. The van der Waals surface area contributed by atoms with E-state index in [-0.39, 0.29) is 12.5 Å². The third-order valence-corrected chi connectivity index (χ3v) is 4.20. The zero-order chi connectivity index (χ0) is 13.1. The molecule has 0 radical (unpaired) electrons. The molecule has 1 aliphatic rings. The molecule has 1 amide bonds. The first-order chi connectivity index (χ1) is 8.61. The van der Waals surface area contributed by atoms with Crippen LogP contribution >= 0.6 is 27.5 Å². The number of rotatable bonds is 3. The second-order valence-electron chi connectivity index (χ2n) is 4.54. The summed E-state index contributed by atoms with van der Waals surface area (Å²) < 4.78 is 0.766. The van der Waals surface area contributed by atoms with Crippen molar-refractivity contribution in [3.8, 4) is 0 Å². The van der Waals surface area contributed by atoms with Crippen molar-refractivity contribution < 1.29 is 9.90 Å². The first-order valence-electron chi connectivity index (χ1n) is 5.97. The summed E-state index contributed by atoms with van der Waals surface area (Å²) in [6.45, 7) is 1.66. The molecule has 18 heavy (non-hydrogen) atoms. The highest BCUT2D eigenvalue weighted by Crippen LogP contribution is 2.26. The number of aliphatic hydroxyl groups is 1. The lowest BCUT2D eigenvalue weighted by Crippen LogP contribution is -2.29. The van der Waals surface area contributed by atoms with E-state index in [0.29, 0.717) is 16.5 Å². The Morgan fingerprint density at radius 3 is 3.06 bits per heavy atom. The molecule has 1 N–H and O–H groups in total. The SMILES string of the molecule is O=C(c1cc(Cl)ccc1Br)N1CCC(CCO)C1. The van der Waals surface area contributed by atoms with Gasteiger partial charge in [0, 0.05) is 29.2 Å². The van der Waals surface area contributed by atoms with Crippen molar-refractivity contribution in [2.45, 2.75) is 12.8 Å². The molecule has 0 aromatic heterocycles. The summed E-state index contributed by atoms with van der Waals surface area (Å²) in [7, 11) is 0. The molecule has 1 saturated heterocycles. The molecule has 0 aliphatic carbocycles. The Morgan fingerprint density at radius 2 is 2.33 bits per heavy atom. The molecule has 0 spiro atoms. The van der Waals surface area contributed by atoms with Crippen molar-refractivity contribution in [2.24, 2.45) is 5.92 Å². The van der Waals surface area contributed by atoms with E-state index < -0.39 is 0 Å². The zero-order valence-electron chi connectivity index (χ0n) is 9.90. The smallest absolute Gasteiger partial charge is 0.255 e. The fraction of sp³-hybridized carbons (Fsp3) is 0.462. The van der Waals surface area contributed by atoms with Crippen LogP contribution in [-0.4, -0.2) is 35.6 Å². The van der Waals surface area contributed by atoms with E-state index in [1.807, 2.05) is 4.90 Å². The van der Waals surface area contributed by atoms with Gasteiger partial charge in [0.25, 0.3) is 5.91 Å². The van der Waals surface area contributed by atoms with Crippen molar-refractivity contribution in [3.05, 3.63) is 33.3 Å². The van der Waals surface area contributed by atoms with Gasteiger partial charge in [0.2, 0.25) is 0 Å². The number of benzene rings is 1. The largest absolute Gasteiger partial charge is 0.396 e. The molecule has 1 fully saturated rings. The summed E-state index contributed by atoms with van der Waals surface area (Å²) in [6.07, 6.45) is 1.73. The average Bonchev–Trinajstić information content (AvgIpc) is 2.80. The maximum absolute atomic E-state index is 12.3. The fourth-order valence-corrected chi connectivity index (χ4v) is 2.86. The molecular formula is C13H15BrClNO2. The number of likely N-dealkylation sites (tertiary alicyclic amines) is 1. The van der Waals surface area contributed by atoms with Gasteiger partial charge in [-0.25, -0.2) is 0 Å². The van der Waals surface area contributed by atoms with Crippen LogP contribution in [0.5, 0.6) is 0 Å². The molecule has 1 heterocycles. The van der Waals surface area contributed by atoms with Crippen molar-refractivity contribution in [1.82, 2.24) is 4.90 Å². The minimum Gasteiger partial charge on any atom is -0.396 e. The predicted molar refractivity (Wildman–Crippen MR) is 74.9 cm³/mol. The van der Waals surface area contributed by atoms with Crippen LogP contribution in [-0.2, 0) is 0 Å². The summed E-state index contributed by atoms with van der Waals surface area (Å²) in [5.74, 6) is 0.418.